The smallest absolute Gasteiger partial charge is 0.166 e. The van der Waals surface area contributed by atoms with Gasteiger partial charge >= 0.3 is 0 Å². The minimum absolute atomic E-state index is 0. The van der Waals surface area contributed by atoms with Crippen LogP contribution in [0.1, 0.15) is 37.0 Å². The van der Waals surface area contributed by atoms with Gasteiger partial charge in [0.2, 0.25) is 0 Å². The van der Waals surface area contributed by atoms with Gasteiger partial charge in [-0.3, -0.25) is 4.79 Å². The fourth-order valence-electron chi connectivity index (χ4n) is 2.60. The van der Waals surface area contributed by atoms with E-state index in [2.05, 4.69) is 11.8 Å². The summed E-state index contributed by atoms with van der Waals surface area (Å²) in [7, 11) is 0. The van der Waals surface area contributed by atoms with Crippen LogP contribution in [0.15, 0.2) is 30.3 Å². The lowest BCUT2D eigenvalue weighted by molar-refractivity contribution is 0.0873. The lowest BCUT2D eigenvalue weighted by Crippen LogP contribution is -2.37. The molecule has 1 aromatic rings. The second-order valence-electron chi connectivity index (χ2n) is 5.61. The van der Waals surface area contributed by atoms with Crippen molar-refractivity contribution in [1.29, 1.82) is 0 Å². The molecule has 0 spiro atoms. The second kappa shape index (κ2) is 7.66. The average Bonchev–Trinajstić information content (AvgIpc) is 2.41. The second-order valence-corrected chi connectivity index (χ2v) is 5.61. The first kappa shape index (κ1) is 16.2. The van der Waals surface area contributed by atoms with Crippen molar-refractivity contribution in [2.75, 3.05) is 19.6 Å². The Morgan fingerprint density at radius 2 is 1.84 bits per heavy atom. The van der Waals surface area contributed by atoms with Crippen LogP contribution in [0, 0.1) is 11.8 Å². The van der Waals surface area contributed by atoms with Crippen molar-refractivity contribution < 1.29 is 4.79 Å². The summed E-state index contributed by atoms with van der Waals surface area (Å²) in [5.74, 6) is 1.22. The summed E-state index contributed by atoms with van der Waals surface area (Å²) in [4.78, 5) is 14.7. The quantitative estimate of drug-likeness (QED) is 0.785. The Bertz CT molecular complexity index is 385. The third-order valence-electron chi connectivity index (χ3n) is 3.91. The molecule has 1 unspecified atom stereocenters. The third-order valence-corrected chi connectivity index (χ3v) is 3.91. The molecule has 0 aromatic heterocycles. The van der Waals surface area contributed by atoms with Gasteiger partial charge in [0.25, 0.3) is 0 Å². The average molecular weight is 282 g/mol. The molecular formula is C16H24ClNO. The molecule has 2 rings (SSSR count). The van der Waals surface area contributed by atoms with Crippen LogP contribution < -0.4 is 0 Å². The number of piperidine rings is 1. The number of hydrogen-bond acceptors (Lipinski definition) is 2. The zero-order valence-corrected chi connectivity index (χ0v) is 12.7. The molecule has 0 N–H and O–H groups in total. The number of ketones is 1. The van der Waals surface area contributed by atoms with E-state index in [-0.39, 0.29) is 24.1 Å². The molecule has 19 heavy (non-hydrogen) atoms. The monoisotopic (exact) mass is 281 g/mol. The Morgan fingerprint density at radius 1 is 1.26 bits per heavy atom. The summed E-state index contributed by atoms with van der Waals surface area (Å²) in [6, 6.07) is 9.65. The summed E-state index contributed by atoms with van der Waals surface area (Å²) >= 11 is 0. The summed E-state index contributed by atoms with van der Waals surface area (Å²) in [5.41, 5.74) is 0.843. The van der Waals surface area contributed by atoms with Gasteiger partial charge in [0.15, 0.2) is 5.78 Å². The number of hydrogen-bond donors (Lipinski definition) is 0. The van der Waals surface area contributed by atoms with E-state index in [1.54, 1.807) is 0 Å². The van der Waals surface area contributed by atoms with Crippen LogP contribution in [0.4, 0.5) is 0 Å². The van der Waals surface area contributed by atoms with E-state index in [9.17, 15) is 4.79 Å². The first-order valence-electron chi connectivity index (χ1n) is 6.98. The normalized spacial score (nSPS) is 18.6. The van der Waals surface area contributed by atoms with Gasteiger partial charge in [0.1, 0.15) is 0 Å². The number of Topliss-reactive ketones (excluding diaryl/α,β-unsaturated/α-hetero) is 1. The van der Waals surface area contributed by atoms with E-state index in [1.165, 1.54) is 12.8 Å². The van der Waals surface area contributed by atoms with E-state index < -0.39 is 0 Å². The Kier molecular flexibility index (Phi) is 6.53. The van der Waals surface area contributed by atoms with Gasteiger partial charge in [-0.25, -0.2) is 0 Å². The number of halogens is 1. The van der Waals surface area contributed by atoms with Crippen LogP contribution in [0.25, 0.3) is 0 Å². The number of carbonyl (C=O) groups excluding carboxylic acids is 1. The highest BCUT2D eigenvalue weighted by atomic mass is 35.5. The molecule has 1 fully saturated rings. The molecule has 1 aromatic carbocycles. The van der Waals surface area contributed by atoms with Gasteiger partial charge in [0.05, 0.1) is 0 Å². The number of likely N-dealkylation sites (tertiary alicyclic amines) is 1. The molecule has 1 saturated heterocycles. The molecule has 106 valence electrons. The Labute approximate surface area is 122 Å². The number of carbonyl (C=O) groups is 1. The Hall–Kier alpha value is -0.860. The zero-order valence-electron chi connectivity index (χ0n) is 11.8. The SMILES string of the molecule is CC1CCN(CC(C)C(=O)c2ccccc2)CC1.Cl. The third kappa shape index (κ3) is 4.63. The van der Waals surface area contributed by atoms with Crippen molar-refractivity contribution in [3.63, 3.8) is 0 Å². The van der Waals surface area contributed by atoms with Gasteiger partial charge in [-0.05, 0) is 31.8 Å². The molecule has 3 heteroatoms. The maximum atomic E-state index is 12.3. The van der Waals surface area contributed by atoms with E-state index in [0.29, 0.717) is 0 Å². The first-order chi connectivity index (χ1) is 8.66. The maximum absolute atomic E-state index is 12.3. The highest BCUT2D eigenvalue weighted by molar-refractivity contribution is 5.97. The standard InChI is InChI=1S/C16H23NO.ClH/c1-13-8-10-17(11-9-13)12-14(2)16(18)15-6-4-3-5-7-15;/h3-7,13-14H,8-12H2,1-2H3;1H. The summed E-state index contributed by atoms with van der Waals surface area (Å²) in [6.07, 6.45) is 2.54. The molecular weight excluding hydrogens is 258 g/mol. The molecule has 0 radical (unpaired) electrons. The minimum Gasteiger partial charge on any atom is -0.303 e. The summed E-state index contributed by atoms with van der Waals surface area (Å²) < 4.78 is 0. The molecule has 1 atom stereocenters. The molecule has 1 aliphatic heterocycles. The van der Waals surface area contributed by atoms with Gasteiger partial charge < -0.3 is 4.90 Å². The molecule has 1 heterocycles. The van der Waals surface area contributed by atoms with E-state index >= 15 is 0 Å². The highest BCUT2D eigenvalue weighted by Crippen LogP contribution is 2.18. The lowest BCUT2D eigenvalue weighted by atomic mass is 9.95. The van der Waals surface area contributed by atoms with Crippen LogP contribution >= 0.6 is 12.4 Å². The van der Waals surface area contributed by atoms with Gasteiger partial charge in [0, 0.05) is 18.0 Å². The summed E-state index contributed by atoms with van der Waals surface area (Å²) in [6.45, 7) is 7.56. The predicted molar refractivity (Wildman–Crippen MR) is 82.0 cm³/mol. The first-order valence-corrected chi connectivity index (χ1v) is 6.98. The highest BCUT2D eigenvalue weighted by Gasteiger charge is 2.21. The van der Waals surface area contributed by atoms with Crippen molar-refractivity contribution >= 4 is 18.2 Å². The van der Waals surface area contributed by atoms with Crippen molar-refractivity contribution in [2.24, 2.45) is 11.8 Å². The van der Waals surface area contributed by atoms with Crippen molar-refractivity contribution in [3.05, 3.63) is 35.9 Å². The Balaban J connectivity index is 0.00000180. The van der Waals surface area contributed by atoms with Crippen LogP contribution in [0.3, 0.4) is 0 Å². The number of rotatable bonds is 4. The Morgan fingerprint density at radius 3 is 2.42 bits per heavy atom. The minimum atomic E-state index is 0. The van der Waals surface area contributed by atoms with Crippen molar-refractivity contribution in [1.82, 2.24) is 4.90 Å². The van der Waals surface area contributed by atoms with Crippen molar-refractivity contribution in [3.8, 4) is 0 Å². The number of nitrogens with zero attached hydrogens (tertiary/aromatic N) is 1. The molecule has 1 aliphatic rings. The fourth-order valence-corrected chi connectivity index (χ4v) is 2.60. The fraction of sp³-hybridized carbons (Fsp3) is 0.562. The number of benzene rings is 1. The van der Waals surface area contributed by atoms with Crippen LogP contribution in [-0.4, -0.2) is 30.3 Å². The molecule has 0 amide bonds. The molecule has 0 saturated carbocycles. The molecule has 2 nitrogen and oxygen atoms in total. The van der Waals surface area contributed by atoms with Crippen LogP contribution in [0.5, 0.6) is 0 Å². The van der Waals surface area contributed by atoms with Crippen molar-refractivity contribution in [2.45, 2.75) is 26.7 Å². The van der Waals surface area contributed by atoms with E-state index in [1.807, 2.05) is 37.3 Å². The van der Waals surface area contributed by atoms with Gasteiger partial charge in [-0.1, -0.05) is 44.2 Å². The maximum Gasteiger partial charge on any atom is 0.166 e. The van der Waals surface area contributed by atoms with Gasteiger partial charge in [-0.2, -0.15) is 0 Å². The summed E-state index contributed by atoms with van der Waals surface area (Å²) in [5, 5.41) is 0. The van der Waals surface area contributed by atoms with E-state index in [0.717, 1.165) is 31.1 Å². The van der Waals surface area contributed by atoms with Crippen LogP contribution in [0.2, 0.25) is 0 Å². The largest absolute Gasteiger partial charge is 0.303 e. The topological polar surface area (TPSA) is 20.3 Å². The van der Waals surface area contributed by atoms with Crippen LogP contribution in [-0.2, 0) is 0 Å². The molecule has 0 aliphatic carbocycles. The van der Waals surface area contributed by atoms with Gasteiger partial charge in [-0.15, -0.1) is 12.4 Å². The molecule has 0 bridgehead atoms. The lowest BCUT2D eigenvalue weighted by Gasteiger charge is -2.31. The van der Waals surface area contributed by atoms with E-state index in [4.69, 9.17) is 0 Å². The zero-order chi connectivity index (χ0) is 13.0. The predicted octanol–water partition coefficient (Wildman–Crippen LogP) is 3.66.